The van der Waals surface area contributed by atoms with Gasteiger partial charge >= 0.3 is 0 Å². The summed E-state index contributed by atoms with van der Waals surface area (Å²) in [5, 5.41) is 3.27. The number of halogens is 1. The number of rotatable bonds is 7. The Morgan fingerprint density at radius 2 is 2.14 bits per heavy atom. The van der Waals surface area contributed by atoms with Gasteiger partial charge in [-0.25, -0.2) is 9.37 Å². The van der Waals surface area contributed by atoms with E-state index in [9.17, 15) is 4.39 Å². The lowest BCUT2D eigenvalue weighted by atomic mass is 10.1. The van der Waals surface area contributed by atoms with Crippen molar-refractivity contribution in [2.75, 3.05) is 13.6 Å². The Kier molecular flexibility index (Phi) is 5.85. The van der Waals surface area contributed by atoms with Crippen molar-refractivity contribution in [1.29, 1.82) is 0 Å². The molecule has 0 saturated carbocycles. The van der Waals surface area contributed by atoms with E-state index in [4.69, 9.17) is 0 Å². The highest BCUT2D eigenvalue weighted by molar-refractivity contribution is 7.09. The molecule has 0 spiro atoms. The minimum Gasteiger partial charge on any atom is -0.313 e. The van der Waals surface area contributed by atoms with E-state index >= 15 is 0 Å². The van der Waals surface area contributed by atoms with Crippen LogP contribution in [0.5, 0.6) is 0 Å². The molecule has 0 aliphatic heterocycles. The van der Waals surface area contributed by atoms with Crippen LogP contribution in [0, 0.1) is 12.7 Å². The molecule has 1 aromatic carbocycles. The van der Waals surface area contributed by atoms with E-state index in [0.717, 1.165) is 36.5 Å². The molecule has 2 rings (SSSR count). The number of nitrogens with zero attached hydrogens (tertiary/aromatic N) is 2. The fourth-order valence-electron chi connectivity index (χ4n) is 2.20. The maximum atomic E-state index is 14.0. The maximum Gasteiger partial charge on any atom is 0.127 e. The van der Waals surface area contributed by atoms with E-state index in [1.165, 1.54) is 4.88 Å². The van der Waals surface area contributed by atoms with Crippen LogP contribution in [0.15, 0.2) is 23.7 Å². The smallest absolute Gasteiger partial charge is 0.127 e. The molecule has 5 heteroatoms. The van der Waals surface area contributed by atoms with Gasteiger partial charge in [0.25, 0.3) is 0 Å². The predicted molar refractivity (Wildman–Crippen MR) is 85.8 cm³/mol. The standard InChI is InChI=1S/C16H22FN3S/c1-4-18-8-13-5-6-15(17)14(7-13)9-20(3)10-16-12(2)19-11-21-16/h5-7,11,18H,4,8-10H2,1-3H3. The van der Waals surface area contributed by atoms with Crippen molar-refractivity contribution in [3.63, 3.8) is 0 Å². The first-order chi connectivity index (χ1) is 10.1. The summed E-state index contributed by atoms with van der Waals surface area (Å²) >= 11 is 1.65. The van der Waals surface area contributed by atoms with Gasteiger partial charge in [-0.2, -0.15) is 0 Å². The lowest BCUT2D eigenvalue weighted by Gasteiger charge is -2.17. The van der Waals surface area contributed by atoms with Crippen LogP contribution in [0.25, 0.3) is 0 Å². The molecular weight excluding hydrogens is 285 g/mol. The summed E-state index contributed by atoms with van der Waals surface area (Å²) in [4.78, 5) is 7.61. The number of benzene rings is 1. The Balaban J connectivity index is 2.02. The topological polar surface area (TPSA) is 28.2 Å². The number of hydrogen-bond donors (Lipinski definition) is 1. The number of thiazole rings is 1. The monoisotopic (exact) mass is 307 g/mol. The van der Waals surface area contributed by atoms with Crippen molar-refractivity contribution in [2.45, 2.75) is 33.5 Å². The molecule has 0 fully saturated rings. The SMILES string of the molecule is CCNCc1ccc(F)c(CN(C)Cc2scnc2C)c1. The largest absolute Gasteiger partial charge is 0.313 e. The quantitative estimate of drug-likeness (QED) is 0.850. The lowest BCUT2D eigenvalue weighted by Crippen LogP contribution is -2.18. The Labute approximate surface area is 129 Å². The highest BCUT2D eigenvalue weighted by Gasteiger charge is 2.10. The van der Waals surface area contributed by atoms with Crippen LogP contribution in [0.4, 0.5) is 4.39 Å². The van der Waals surface area contributed by atoms with Gasteiger partial charge in [0.05, 0.1) is 11.2 Å². The third-order valence-corrected chi connectivity index (χ3v) is 4.31. The first kappa shape index (κ1) is 16.1. The summed E-state index contributed by atoms with van der Waals surface area (Å²) in [5.74, 6) is -0.136. The first-order valence-corrected chi connectivity index (χ1v) is 8.03. The zero-order chi connectivity index (χ0) is 15.2. The molecular formula is C16H22FN3S. The molecule has 0 aliphatic rings. The van der Waals surface area contributed by atoms with Gasteiger partial charge < -0.3 is 5.32 Å². The van der Waals surface area contributed by atoms with Crippen LogP contribution in [0.2, 0.25) is 0 Å². The third-order valence-electron chi connectivity index (χ3n) is 3.39. The van der Waals surface area contributed by atoms with E-state index in [2.05, 4.69) is 22.1 Å². The molecule has 3 nitrogen and oxygen atoms in total. The van der Waals surface area contributed by atoms with E-state index < -0.39 is 0 Å². The normalized spacial score (nSPS) is 11.3. The van der Waals surface area contributed by atoms with Crippen LogP contribution in [0.1, 0.15) is 28.6 Å². The molecule has 0 bridgehead atoms. The number of aryl methyl sites for hydroxylation is 1. The summed E-state index contributed by atoms with van der Waals surface area (Å²) in [5.41, 5.74) is 4.79. The highest BCUT2D eigenvalue weighted by Crippen LogP contribution is 2.17. The molecule has 1 heterocycles. The number of nitrogens with one attached hydrogen (secondary N) is 1. The van der Waals surface area contributed by atoms with Gasteiger partial charge in [-0.15, -0.1) is 11.3 Å². The Hall–Kier alpha value is -1.30. The van der Waals surface area contributed by atoms with E-state index in [1.807, 2.05) is 31.6 Å². The molecule has 0 amide bonds. The second kappa shape index (κ2) is 7.64. The summed E-state index contributed by atoms with van der Waals surface area (Å²) < 4.78 is 14.0. The molecule has 1 aromatic heterocycles. The molecule has 0 saturated heterocycles. The summed E-state index contributed by atoms with van der Waals surface area (Å²) in [6.45, 7) is 7.17. The van der Waals surface area contributed by atoms with Gasteiger partial charge in [-0.1, -0.05) is 19.1 Å². The van der Waals surface area contributed by atoms with Gasteiger partial charge in [-0.3, -0.25) is 4.90 Å². The van der Waals surface area contributed by atoms with E-state index in [-0.39, 0.29) is 5.82 Å². The second-order valence-electron chi connectivity index (χ2n) is 5.24. The Morgan fingerprint density at radius 1 is 1.33 bits per heavy atom. The molecule has 1 N–H and O–H groups in total. The first-order valence-electron chi connectivity index (χ1n) is 7.15. The van der Waals surface area contributed by atoms with Gasteiger partial charge in [0, 0.05) is 30.1 Å². The van der Waals surface area contributed by atoms with Crippen molar-refractivity contribution in [1.82, 2.24) is 15.2 Å². The van der Waals surface area contributed by atoms with E-state index in [1.54, 1.807) is 17.4 Å². The van der Waals surface area contributed by atoms with Crippen LogP contribution >= 0.6 is 11.3 Å². The number of aromatic nitrogens is 1. The Bertz CT molecular complexity index is 583. The Morgan fingerprint density at radius 3 is 2.81 bits per heavy atom. The van der Waals surface area contributed by atoms with Crippen molar-refractivity contribution in [3.8, 4) is 0 Å². The molecule has 0 aliphatic carbocycles. The zero-order valence-corrected chi connectivity index (χ0v) is 13.6. The minimum atomic E-state index is -0.136. The molecule has 0 atom stereocenters. The third kappa shape index (κ3) is 4.59. The summed E-state index contributed by atoms with van der Waals surface area (Å²) in [7, 11) is 2.01. The number of hydrogen-bond acceptors (Lipinski definition) is 4. The average Bonchev–Trinajstić information content (AvgIpc) is 2.85. The van der Waals surface area contributed by atoms with Gasteiger partial charge in [0.2, 0.25) is 0 Å². The summed E-state index contributed by atoms with van der Waals surface area (Å²) in [6.07, 6.45) is 0. The lowest BCUT2D eigenvalue weighted by molar-refractivity contribution is 0.315. The predicted octanol–water partition coefficient (Wildman–Crippen LogP) is 3.33. The molecule has 114 valence electrons. The van der Waals surface area contributed by atoms with Crippen LogP contribution in [-0.2, 0) is 19.6 Å². The molecule has 21 heavy (non-hydrogen) atoms. The van der Waals surface area contributed by atoms with Gasteiger partial charge in [0.15, 0.2) is 0 Å². The fraction of sp³-hybridized carbons (Fsp3) is 0.438. The maximum absolute atomic E-state index is 14.0. The van der Waals surface area contributed by atoms with Crippen molar-refractivity contribution in [3.05, 3.63) is 51.2 Å². The van der Waals surface area contributed by atoms with E-state index in [0.29, 0.717) is 6.54 Å². The second-order valence-corrected chi connectivity index (χ2v) is 6.18. The molecule has 0 unspecified atom stereocenters. The highest BCUT2D eigenvalue weighted by atomic mass is 32.1. The van der Waals surface area contributed by atoms with Crippen LogP contribution in [0.3, 0.4) is 0 Å². The average molecular weight is 307 g/mol. The summed E-state index contributed by atoms with van der Waals surface area (Å²) in [6, 6.07) is 5.36. The van der Waals surface area contributed by atoms with Gasteiger partial charge in [-0.05, 0) is 32.1 Å². The molecule has 2 aromatic rings. The van der Waals surface area contributed by atoms with Crippen molar-refractivity contribution < 1.29 is 4.39 Å². The minimum absolute atomic E-state index is 0.136. The molecule has 0 radical (unpaired) electrons. The van der Waals surface area contributed by atoms with Crippen molar-refractivity contribution in [2.24, 2.45) is 0 Å². The van der Waals surface area contributed by atoms with Crippen LogP contribution in [-0.4, -0.2) is 23.5 Å². The zero-order valence-electron chi connectivity index (χ0n) is 12.8. The van der Waals surface area contributed by atoms with Crippen LogP contribution < -0.4 is 5.32 Å². The fourth-order valence-corrected chi connectivity index (χ4v) is 3.05. The van der Waals surface area contributed by atoms with Crippen molar-refractivity contribution >= 4 is 11.3 Å². The van der Waals surface area contributed by atoms with Gasteiger partial charge in [0.1, 0.15) is 5.82 Å².